The molecule has 0 spiro atoms. The minimum atomic E-state index is -4.24. The Morgan fingerprint density at radius 1 is 0.923 bits per heavy atom. The molecule has 39 heavy (non-hydrogen) atoms. The van der Waals surface area contributed by atoms with Crippen molar-refractivity contribution in [3.63, 3.8) is 0 Å². The van der Waals surface area contributed by atoms with Gasteiger partial charge in [0.2, 0.25) is 11.8 Å². The number of sulfonamides is 1. The number of aryl methyl sites for hydroxylation is 2. The molecule has 9 heteroatoms. The van der Waals surface area contributed by atoms with Crippen LogP contribution in [0.25, 0.3) is 0 Å². The number of hydrogen-bond acceptors (Lipinski definition) is 4. The van der Waals surface area contributed by atoms with Crippen molar-refractivity contribution in [3.8, 4) is 0 Å². The fourth-order valence-corrected chi connectivity index (χ4v) is 5.44. The zero-order chi connectivity index (χ0) is 28.7. The molecule has 2 amide bonds. The van der Waals surface area contributed by atoms with Crippen LogP contribution in [0.1, 0.15) is 43.9 Å². The summed E-state index contributed by atoms with van der Waals surface area (Å²) in [5.74, 6) is -1.44. The Morgan fingerprint density at radius 2 is 1.56 bits per heavy atom. The summed E-state index contributed by atoms with van der Waals surface area (Å²) in [6, 6.07) is 17.8. The molecule has 208 valence electrons. The van der Waals surface area contributed by atoms with Gasteiger partial charge in [0.05, 0.1) is 10.6 Å². The SMILES string of the molecule is CC[C@H](C)NC(=O)[C@@H](C)N(Cc1cccc(C)c1)C(=O)CN(c1ccc(C)cc1)S(=O)(=O)c1ccc(F)cc1. The van der Waals surface area contributed by atoms with Gasteiger partial charge in [0, 0.05) is 12.6 Å². The van der Waals surface area contributed by atoms with Gasteiger partial charge in [-0.3, -0.25) is 13.9 Å². The van der Waals surface area contributed by atoms with Crippen molar-refractivity contribution in [1.82, 2.24) is 10.2 Å². The second-order valence-electron chi connectivity index (χ2n) is 9.81. The molecule has 0 heterocycles. The van der Waals surface area contributed by atoms with E-state index in [0.717, 1.165) is 39.5 Å². The molecule has 0 bridgehead atoms. The highest BCUT2D eigenvalue weighted by Crippen LogP contribution is 2.25. The molecule has 0 unspecified atom stereocenters. The first-order valence-corrected chi connectivity index (χ1v) is 14.4. The van der Waals surface area contributed by atoms with Gasteiger partial charge in [0.25, 0.3) is 10.0 Å². The molecule has 0 aliphatic heterocycles. The summed E-state index contributed by atoms with van der Waals surface area (Å²) in [6.07, 6.45) is 0.724. The monoisotopic (exact) mass is 553 g/mol. The molecule has 3 aromatic carbocycles. The minimum absolute atomic E-state index is 0.0845. The van der Waals surface area contributed by atoms with Gasteiger partial charge in [-0.2, -0.15) is 0 Å². The predicted molar refractivity (Wildman–Crippen MR) is 151 cm³/mol. The number of nitrogens with one attached hydrogen (secondary N) is 1. The molecule has 0 aromatic heterocycles. The molecule has 0 radical (unpaired) electrons. The Labute approximate surface area is 230 Å². The van der Waals surface area contributed by atoms with E-state index in [1.165, 1.54) is 17.0 Å². The molecule has 0 aliphatic rings. The van der Waals surface area contributed by atoms with E-state index in [4.69, 9.17) is 0 Å². The van der Waals surface area contributed by atoms with Crippen LogP contribution < -0.4 is 9.62 Å². The van der Waals surface area contributed by atoms with Crippen LogP contribution in [-0.4, -0.2) is 43.8 Å². The van der Waals surface area contributed by atoms with E-state index >= 15 is 0 Å². The molecule has 0 saturated heterocycles. The Bertz CT molecular complexity index is 1390. The number of rotatable bonds is 11. The molecule has 0 saturated carbocycles. The highest BCUT2D eigenvalue weighted by atomic mass is 32.2. The maximum absolute atomic E-state index is 13.9. The lowest BCUT2D eigenvalue weighted by Crippen LogP contribution is -2.52. The summed E-state index contributed by atoms with van der Waals surface area (Å²) < 4.78 is 42.0. The van der Waals surface area contributed by atoms with Crippen molar-refractivity contribution in [1.29, 1.82) is 0 Å². The maximum atomic E-state index is 13.9. The Hall–Kier alpha value is -3.72. The molecule has 7 nitrogen and oxygen atoms in total. The number of carbonyl (C=O) groups is 2. The summed E-state index contributed by atoms with van der Waals surface area (Å²) >= 11 is 0. The van der Waals surface area contributed by atoms with Crippen molar-refractivity contribution >= 4 is 27.5 Å². The van der Waals surface area contributed by atoms with Crippen molar-refractivity contribution in [2.45, 2.75) is 64.6 Å². The summed E-state index contributed by atoms with van der Waals surface area (Å²) in [7, 11) is -4.24. The number of carbonyl (C=O) groups excluding carboxylic acids is 2. The lowest BCUT2D eigenvalue weighted by atomic mass is 10.1. The molecular weight excluding hydrogens is 517 g/mol. The quantitative estimate of drug-likeness (QED) is 0.363. The summed E-state index contributed by atoms with van der Waals surface area (Å²) in [4.78, 5) is 28.2. The van der Waals surface area contributed by atoms with Crippen molar-refractivity contribution in [2.75, 3.05) is 10.8 Å². The van der Waals surface area contributed by atoms with Gasteiger partial charge >= 0.3 is 0 Å². The van der Waals surface area contributed by atoms with Gasteiger partial charge in [0.1, 0.15) is 18.4 Å². The number of benzene rings is 3. The van der Waals surface area contributed by atoms with Crippen molar-refractivity contribution < 1.29 is 22.4 Å². The van der Waals surface area contributed by atoms with Crippen LogP contribution in [0.15, 0.2) is 77.7 Å². The molecule has 2 atom stereocenters. The highest BCUT2D eigenvalue weighted by Gasteiger charge is 2.32. The van der Waals surface area contributed by atoms with Crippen LogP contribution in [0.5, 0.6) is 0 Å². The summed E-state index contributed by atoms with van der Waals surface area (Å²) in [5.41, 5.74) is 3.01. The molecule has 0 aliphatic carbocycles. The zero-order valence-corrected chi connectivity index (χ0v) is 23.8. The van der Waals surface area contributed by atoms with Gasteiger partial charge in [-0.15, -0.1) is 0 Å². The normalized spacial score (nSPS) is 12.9. The van der Waals surface area contributed by atoms with Crippen LogP contribution >= 0.6 is 0 Å². The third kappa shape index (κ3) is 7.66. The standard InChI is InChI=1S/C30H36FN3O4S/c1-6-23(4)32-30(36)24(5)33(19-25-9-7-8-22(3)18-25)29(35)20-34(27-14-10-21(2)11-15-27)39(37,38)28-16-12-26(31)13-17-28/h7-18,23-24H,6,19-20H2,1-5H3,(H,32,36)/t23-,24+/m0/s1. The van der Waals surface area contributed by atoms with Gasteiger partial charge < -0.3 is 10.2 Å². The average molecular weight is 554 g/mol. The number of amides is 2. The van der Waals surface area contributed by atoms with E-state index in [1.807, 2.05) is 52.0 Å². The average Bonchev–Trinajstić information content (AvgIpc) is 2.90. The lowest BCUT2D eigenvalue weighted by molar-refractivity contribution is -0.139. The third-order valence-corrected chi connectivity index (χ3v) is 8.39. The molecule has 3 aromatic rings. The van der Waals surface area contributed by atoms with Crippen LogP contribution in [0.4, 0.5) is 10.1 Å². The second-order valence-corrected chi connectivity index (χ2v) is 11.7. The van der Waals surface area contributed by atoms with E-state index < -0.39 is 34.3 Å². The zero-order valence-electron chi connectivity index (χ0n) is 23.0. The number of nitrogens with zero attached hydrogens (tertiary/aromatic N) is 2. The maximum Gasteiger partial charge on any atom is 0.264 e. The van der Waals surface area contributed by atoms with E-state index in [2.05, 4.69) is 5.32 Å². The van der Waals surface area contributed by atoms with Gasteiger partial charge in [-0.1, -0.05) is 54.4 Å². The van der Waals surface area contributed by atoms with E-state index in [0.29, 0.717) is 0 Å². The largest absolute Gasteiger partial charge is 0.352 e. The molecule has 3 rings (SSSR count). The van der Waals surface area contributed by atoms with Crippen LogP contribution in [0, 0.1) is 19.7 Å². The smallest absolute Gasteiger partial charge is 0.264 e. The van der Waals surface area contributed by atoms with Gasteiger partial charge in [0.15, 0.2) is 0 Å². The lowest BCUT2D eigenvalue weighted by Gasteiger charge is -2.32. The number of halogens is 1. The Balaban J connectivity index is 2.02. The topological polar surface area (TPSA) is 86.8 Å². The third-order valence-electron chi connectivity index (χ3n) is 6.61. The van der Waals surface area contributed by atoms with Gasteiger partial charge in [-0.25, -0.2) is 12.8 Å². The minimum Gasteiger partial charge on any atom is -0.352 e. The van der Waals surface area contributed by atoms with Crippen LogP contribution in [-0.2, 0) is 26.2 Å². The second kappa shape index (κ2) is 12.9. The number of anilines is 1. The molecular formula is C30H36FN3O4S. The molecule has 1 N–H and O–H groups in total. The first-order valence-electron chi connectivity index (χ1n) is 12.9. The van der Waals surface area contributed by atoms with Crippen LogP contribution in [0.2, 0.25) is 0 Å². The predicted octanol–water partition coefficient (Wildman–Crippen LogP) is 4.97. The highest BCUT2D eigenvalue weighted by molar-refractivity contribution is 7.92. The van der Waals surface area contributed by atoms with Crippen LogP contribution in [0.3, 0.4) is 0 Å². The van der Waals surface area contributed by atoms with E-state index in [-0.39, 0.29) is 29.1 Å². The first-order chi connectivity index (χ1) is 18.4. The first kappa shape index (κ1) is 29.8. The van der Waals surface area contributed by atoms with Gasteiger partial charge in [-0.05, 0) is 76.1 Å². The fourth-order valence-electron chi connectivity index (χ4n) is 4.03. The Kier molecular flexibility index (Phi) is 9.86. The van der Waals surface area contributed by atoms with Crippen molar-refractivity contribution in [2.24, 2.45) is 0 Å². The van der Waals surface area contributed by atoms with Crippen molar-refractivity contribution in [3.05, 3.63) is 95.3 Å². The number of hydrogen-bond donors (Lipinski definition) is 1. The molecule has 0 fully saturated rings. The summed E-state index contributed by atoms with van der Waals surface area (Å²) in [5, 5.41) is 2.91. The fraction of sp³-hybridized carbons (Fsp3) is 0.333. The Morgan fingerprint density at radius 3 is 2.15 bits per heavy atom. The van der Waals surface area contributed by atoms with E-state index in [9.17, 15) is 22.4 Å². The summed E-state index contributed by atoms with van der Waals surface area (Å²) in [6.45, 7) is 8.84. The van der Waals surface area contributed by atoms with E-state index in [1.54, 1.807) is 31.2 Å².